The Morgan fingerprint density at radius 3 is 2.28 bits per heavy atom. The Morgan fingerprint density at radius 1 is 0.872 bits per heavy atom. The van der Waals surface area contributed by atoms with Crippen LogP contribution in [-0.4, -0.2) is 31.5 Å². The van der Waals surface area contributed by atoms with E-state index in [1.165, 1.54) is 17.7 Å². The van der Waals surface area contributed by atoms with E-state index < -0.39 is 11.9 Å². The number of pyridine rings is 1. The first-order valence-electron chi connectivity index (χ1n) is 14.8. The summed E-state index contributed by atoms with van der Waals surface area (Å²) in [5, 5.41) is 14.7. The Bertz CT molecular complexity index is 2120. The van der Waals surface area contributed by atoms with Crippen molar-refractivity contribution in [2.24, 2.45) is 0 Å². The van der Waals surface area contributed by atoms with Gasteiger partial charge in [-0.25, -0.2) is 9.78 Å². The van der Waals surface area contributed by atoms with Gasteiger partial charge < -0.3 is 14.4 Å². The van der Waals surface area contributed by atoms with Crippen molar-refractivity contribution < 1.29 is 19.4 Å². The highest BCUT2D eigenvalue weighted by molar-refractivity contribution is 6.36. The lowest BCUT2D eigenvalue weighted by atomic mass is 9.87. The number of anilines is 1. The number of hydrogen-bond acceptors (Lipinski definition) is 5. The van der Waals surface area contributed by atoms with Gasteiger partial charge in [-0.3, -0.25) is 15.1 Å². The van der Waals surface area contributed by atoms with Crippen LogP contribution in [0, 0.1) is 0 Å². The third-order valence-electron chi connectivity index (χ3n) is 7.64. The maximum absolute atomic E-state index is 13.6. The molecule has 47 heavy (non-hydrogen) atoms. The molecule has 0 saturated heterocycles. The maximum atomic E-state index is 13.6. The second kappa shape index (κ2) is 12.9. The standard InChI is InChI=1S/C37H30Cl2N4O4/c1-37(2,3)26-9-13-28(14-10-26)47-29-12-8-24-19-40-32(17-25(24)16-29)34(44)42-36-41-33(30-15-11-27(38)18-31(30)39)21-43(36)20-22-4-6-23(7-5-22)35(45)46/h4-19,21H,20H2,1-3H3,(H,45,46)(H,41,42,44). The Kier molecular flexibility index (Phi) is 8.73. The number of hydrogen-bond donors (Lipinski definition) is 2. The molecule has 0 fully saturated rings. The molecule has 0 spiro atoms. The van der Waals surface area contributed by atoms with Crippen molar-refractivity contribution in [3.63, 3.8) is 0 Å². The average molecular weight is 666 g/mol. The first kappa shape index (κ1) is 31.8. The number of halogens is 2. The van der Waals surface area contributed by atoms with Crippen molar-refractivity contribution in [1.29, 1.82) is 0 Å². The van der Waals surface area contributed by atoms with E-state index in [1.807, 2.05) is 30.3 Å². The lowest BCUT2D eigenvalue weighted by Crippen LogP contribution is -2.17. The third kappa shape index (κ3) is 7.30. The Morgan fingerprint density at radius 2 is 1.60 bits per heavy atom. The molecule has 8 nitrogen and oxygen atoms in total. The average Bonchev–Trinajstić information content (AvgIpc) is 3.41. The molecule has 1 amide bonds. The molecular weight excluding hydrogens is 635 g/mol. The van der Waals surface area contributed by atoms with E-state index in [0.717, 1.165) is 16.3 Å². The molecule has 4 aromatic carbocycles. The van der Waals surface area contributed by atoms with Crippen LogP contribution in [-0.2, 0) is 12.0 Å². The second-order valence-electron chi connectivity index (χ2n) is 12.1. The highest BCUT2D eigenvalue weighted by atomic mass is 35.5. The van der Waals surface area contributed by atoms with E-state index in [2.05, 4.69) is 48.2 Å². The number of amides is 1. The minimum Gasteiger partial charge on any atom is -0.478 e. The van der Waals surface area contributed by atoms with Crippen molar-refractivity contribution in [3.8, 4) is 22.8 Å². The van der Waals surface area contributed by atoms with Gasteiger partial charge in [-0.05, 0) is 88.7 Å². The van der Waals surface area contributed by atoms with E-state index in [9.17, 15) is 14.7 Å². The van der Waals surface area contributed by atoms with E-state index in [4.69, 9.17) is 27.9 Å². The Balaban J connectivity index is 1.27. The lowest BCUT2D eigenvalue weighted by molar-refractivity contribution is 0.0696. The van der Waals surface area contributed by atoms with Gasteiger partial charge in [0.25, 0.3) is 5.91 Å². The van der Waals surface area contributed by atoms with Crippen LogP contribution >= 0.6 is 23.2 Å². The van der Waals surface area contributed by atoms with Crippen LogP contribution in [0.15, 0.2) is 103 Å². The number of benzene rings is 4. The molecule has 2 N–H and O–H groups in total. The first-order chi connectivity index (χ1) is 22.4. The summed E-state index contributed by atoms with van der Waals surface area (Å²) in [5.41, 5.74) is 3.59. The molecular formula is C37H30Cl2N4O4. The van der Waals surface area contributed by atoms with Gasteiger partial charge in [0.05, 0.1) is 22.8 Å². The van der Waals surface area contributed by atoms with Gasteiger partial charge in [0.15, 0.2) is 0 Å². The minimum absolute atomic E-state index is 0.0423. The van der Waals surface area contributed by atoms with Crippen LogP contribution in [0.4, 0.5) is 5.95 Å². The number of imidazole rings is 1. The monoisotopic (exact) mass is 664 g/mol. The predicted octanol–water partition coefficient (Wildman–Crippen LogP) is 9.49. The van der Waals surface area contributed by atoms with Gasteiger partial charge in [-0.2, -0.15) is 0 Å². The van der Waals surface area contributed by atoms with E-state index >= 15 is 0 Å². The van der Waals surface area contributed by atoms with Gasteiger partial charge in [0, 0.05) is 28.4 Å². The molecule has 0 aliphatic rings. The van der Waals surface area contributed by atoms with E-state index in [1.54, 1.807) is 53.4 Å². The van der Waals surface area contributed by atoms with Crippen molar-refractivity contribution in [2.75, 3.05) is 5.32 Å². The molecule has 0 radical (unpaired) electrons. The van der Waals surface area contributed by atoms with E-state index in [-0.39, 0.29) is 22.6 Å². The molecule has 0 unspecified atom stereocenters. The van der Waals surface area contributed by atoms with Crippen LogP contribution in [0.2, 0.25) is 10.0 Å². The molecule has 6 rings (SSSR count). The van der Waals surface area contributed by atoms with Crippen LogP contribution in [0.3, 0.4) is 0 Å². The number of rotatable bonds is 8. The zero-order chi connectivity index (χ0) is 33.3. The Hall–Kier alpha value is -5.18. The summed E-state index contributed by atoms with van der Waals surface area (Å²) in [7, 11) is 0. The number of nitrogens with zero attached hydrogens (tertiary/aromatic N) is 3. The molecule has 0 aliphatic heterocycles. The summed E-state index contributed by atoms with van der Waals surface area (Å²) in [4.78, 5) is 34.0. The molecule has 0 saturated carbocycles. The number of fused-ring (bicyclic) bond motifs is 1. The van der Waals surface area contributed by atoms with Gasteiger partial charge in [-0.1, -0.05) is 68.2 Å². The molecule has 6 aromatic rings. The van der Waals surface area contributed by atoms with Gasteiger partial charge >= 0.3 is 5.97 Å². The first-order valence-corrected chi connectivity index (χ1v) is 15.5. The SMILES string of the molecule is CC(C)(C)c1ccc(Oc2ccc3cnc(C(=O)Nc4nc(-c5ccc(Cl)cc5Cl)cn4Cc4ccc(C(=O)O)cc4)cc3c2)cc1. The highest BCUT2D eigenvalue weighted by Gasteiger charge is 2.18. The van der Waals surface area contributed by atoms with Crippen molar-refractivity contribution in [3.05, 3.63) is 136 Å². The number of carbonyl (C=O) groups excluding carboxylic acids is 1. The molecule has 10 heteroatoms. The van der Waals surface area contributed by atoms with Crippen LogP contribution in [0.25, 0.3) is 22.0 Å². The largest absolute Gasteiger partial charge is 0.478 e. The smallest absolute Gasteiger partial charge is 0.335 e. The number of aromatic nitrogens is 3. The van der Waals surface area contributed by atoms with Gasteiger partial charge in [0.1, 0.15) is 17.2 Å². The Labute approximate surface area is 281 Å². The number of carboxylic acids is 1. The zero-order valence-corrected chi connectivity index (χ0v) is 27.3. The summed E-state index contributed by atoms with van der Waals surface area (Å²) in [6, 6.07) is 26.9. The fourth-order valence-corrected chi connectivity index (χ4v) is 5.55. The van der Waals surface area contributed by atoms with Crippen molar-refractivity contribution >= 4 is 51.8 Å². The summed E-state index contributed by atoms with van der Waals surface area (Å²) in [6.45, 7) is 6.79. The summed E-state index contributed by atoms with van der Waals surface area (Å²) in [5.74, 6) is 0.134. The topological polar surface area (TPSA) is 106 Å². The lowest BCUT2D eigenvalue weighted by Gasteiger charge is -2.19. The number of ether oxygens (including phenoxy) is 1. The predicted molar refractivity (Wildman–Crippen MR) is 185 cm³/mol. The maximum Gasteiger partial charge on any atom is 0.335 e. The van der Waals surface area contributed by atoms with Crippen molar-refractivity contribution in [1.82, 2.24) is 14.5 Å². The zero-order valence-electron chi connectivity index (χ0n) is 25.8. The molecule has 0 aliphatic carbocycles. The fourth-order valence-electron chi connectivity index (χ4n) is 5.04. The number of carbonyl (C=O) groups is 2. The summed E-state index contributed by atoms with van der Waals surface area (Å²) >= 11 is 12.6. The fraction of sp³-hybridized carbons (Fsp3) is 0.135. The van der Waals surface area contributed by atoms with Gasteiger partial charge in [0.2, 0.25) is 5.95 Å². The number of carboxylic acid groups (broad SMARTS) is 1. The van der Waals surface area contributed by atoms with E-state index in [0.29, 0.717) is 39.3 Å². The molecule has 236 valence electrons. The number of aromatic carboxylic acids is 1. The normalized spacial score (nSPS) is 11.4. The summed E-state index contributed by atoms with van der Waals surface area (Å²) in [6.07, 6.45) is 3.41. The van der Waals surface area contributed by atoms with Crippen molar-refractivity contribution in [2.45, 2.75) is 32.7 Å². The second-order valence-corrected chi connectivity index (χ2v) is 13.0. The summed E-state index contributed by atoms with van der Waals surface area (Å²) < 4.78 is 7.87. The molecule has 0 atom stereocenters. The molecule has 0 bridgehead atoms. The third-order valence-corrected chi connectivity index (χ3v) is 8.19. The van der Waals surface area contributed by atoms with Crippen LogP contribution in [0.5, 0.6) is 11.5 Å². The molecule has 2 heterocycles. The highest BCUT2D eigenvalue weighted by Crippen LogP contribution is 2.32. The molecule has 2 aromatic heterocycles. The van der Waals surface area contributed by atoms with Crippen LogP contribution < -0.4 is 10.1 Å². The van der Waals surface area contributed by atoms with Crippen LogP contribution in [0.1, 0.15) is 52.7 Å². The quantitative estimate of drug-likeness (QED) is 0.168. The number of nitrogens with one attached hydrogen (secondary N) is 1. The van der Waals surface area contributed by atoms with Gasteiger partial charge in [-0.15, -0.1) is 0 Å². The minimum atomic E-state index is -1.01.